The van der Waals surface area contributed by atoms with Crippen LogP contribution in [0.4, 0.5) is 9.52 Å². The molecular formula is C22H30FN5O4S. The molecule has 1 saturated heterocycles. The second kappa shape index (κ2) is 11.5. The molecule has 0 spiro atoms. The average molecular weight is 480 g/mol. The van der Waals surface area contributed by atoms with Gasteiger partial charge in [0.15, 0.2) is 5.13 Å². The number of halogens is 1. The number of hydrogen-bond acceptors (Lipinski definition) is 8. The molecule has 1 aromatic rings. The lowest BCUT2D eigenvalue weighted by Crippen LogP contribution is -2.41. The van der Waals surface area contributed by atoms with Crippen molar-refractivity contribution in [1.82, 2.24) is 15.2 Å². The van der Waals surface area contributed by atoms with E-state index >= 15 is 0 Å². The van der Waals surface area contributed by atoms with Crippen LogP contribution in [-0.4, -0.2) is 60.2 Å². The van der Waals surface area contributed by atoms with Crippen molar-refractivity contribution in [2.45, 2.75) is 58.2 Å². The van der Waals surface area contributed by atoms with Crippen LogP contribution in [0.2, 0.25) is 0 Å². The molecule has 2 N–H and O–H groups in total. The summed E-state index contributed by atoms with van der Waals surface area (Å²) in [5, 5.41) is 17.5. The third kappa shape index (κ3) is 6.72. The summed E-state index contributed by atoms with van der Waals surface area (Å²) in [6.07, 6.45) is 3.19. The molecule has 9 nitrogen and oxygen atoms in total. The highest BCUT2D eigenvalue weighted by Gasteiger charge is 2.37. The molecule has 1 aromatic heterocycles. The number of nitrogens with one attached hydrogen (secondary N) is 2. The highest BCUT2D eigenvalue weighted by Crippen LogP contribution is 2.36. The zero-order chi connectivity index (χ0) is 23.8. The Bertz CT molecular complexity index is 917. The highest BCUT2D eigenvalue weighted by atomic mass is 32.1. The van der Waals surface area contributed by atoms with Crippen LogP contribution in [-0.2, 0) is 25.8 Å². The summed E-state index contributed by atoms with van der Waals surface area (Å²) in [5.74, 6) is -0.386. The topological polar surface area (TPSA) is 117 Å². The van der Waals surface area contributed by atoms with Gasteiger partial charge < -0.3 is 15.5 Å². The summed E-state index contributed by atoms with van der Waals surface area (Å²) < 4.78 is 13.5. The molecule has 2 heterocycles. The summed E-state index contributed by atoms with van der Waals surface area (Å²) >= 11 is 1.37. The number of aromatic nitrogens is 1. The van der Waals surface area contributed by atoms with Crippen molar-refractivity contribution in [1.29, 1.82) is 5.26 Å². The molecule has 180 valence electrons. The molecule has 11 heteroatoms. The number of hydrogen-bond donors (Lipinski definition) is 2. The minimum absolute atomic E-state index is 0.00848. The van der Waals surface area contributed by atoms with Crippen molar-refractivity contribution >= 4 is 28.3 Å². The molecule has 2 aliphatic rings. The Hall–Kier alpha value is -2.55. The third-order valence-electron chi connectivity index (χ3n) is 5.89. The molecule has 1 aliphatic heterocycles. The molecule has 0 saturated carbocycles. The van der Waals surface area contributed by atoms with Gasteiger partial charge in [-0.3, -0.25) is 9.59 Å². The Morgan fingerprint density at radius 3 is 2.97 bits per heavy atom. The average Bonchev–Trinajstić information content (AvgIpc) is 3.42. The van der Waals surface area contributed by atoms with E-state index in [4.69, 9.17) is 15.0 Å². The highest BCUT2D eigenvalue weighted by molar-refractivity contribution is 7.13. The van der Waals surface area contributed by atoms with Gasteiger partial charge in [-0.15, -0.1) is 11.3 Å². The van der Waals surface area contributed by atoms with E-state index in [2.05, 4.69) is 15.6 Å². The van der Waals surface area contributed by atoms with E-state index in [9.17, 15) is 14.0 Å². The first-order chi connectivity index (χ1) is 15.8. The molecule has 33 heavy (non-hydrogen) atoms. The standard InChI is InChI=1S/C22H30FN5O4S/c1-3-31-32-9-6-17-14-33-21(26-17)27-20(30)22(2)7-4-16(5-8-22)25-12-19(29)28-13-15(23)10-18(28)11-24/h4,14-15,18,25H,3,5-10,12-13H2,1-2H3,(H,26,27,30)/t15-,18-,22?/m0/s1. The lowest BCUT2D eigenvalue weighted by molar-refractivity contribution is -0.290. The van der Waals surface area contributed by atoms with E-state index in [0.717, 1.165) is 11.4 Å². The first-order valence-corrected chi connectivity index (χ1v) is 12.0. The minimum Gasteiger partial charge on any atom is -0.380 e. The predicted octanol–water partition coefficient (Wildman–Crippen LogP) is 2.72. The number of carbonyl (C=O) groups is 2. The monoisotopic (exact) mass is 479 g/mol. The number of alkyl halides is 1. The fourth-order valence-electron chi connectivity index (χ4n) is 3.82. The van der Waals surface area contributed by atoms with E-state index in [1.165, 1.54) is 16.2 Å². The number of likely N-dealkylation sites (tertiary alicyclic amines) is 1. The SMILES string of the molecule is CCOOCCc1csc(NC(=O)C2(C)CC=C(NCC(=O)N3C[C@@H](F)C[C@H]3C#N)CC2)n1. The first kappa shape index (κ1) is 25.1. The lowest BCUT2D eigenvalue weighted by atomic mass is 9.77. The molecule has 1 unspecified atom stereocenters. The summed E-state index contributed by atoms with van der Waals surface area (Å²) in [6.45, 7) is 4.61. The van der Waals surface area contributed by atoms with Gasteiger partial charge in [0.1, 0.15) is 12.2 Å². The number of carbonyl (C=O) groups excluding carboxylic acids is 2. The summed E-state index contributed by atoms with van der Waals surface area (Å²) in [7, 11) is 0. The Kier molecular flexibility index (Phi) is 8.77. The van der Waals surface area contributed by atoms with Gasteiger partial charge in [-0.2, -0.15) is 5.26 Å². The summed E-state index contributed by atoms with van der Waals surface area (Å²) in [5.41, 5.74) is 1.13. The number of rotatable bonds is 10. The van der Waals surface area contributed by atoms with Crippen LogP contribution in [0.1, 0.15) is 45.2 Å². The van der Waals surface area contributed by atoms with Crippen molar-refractivity contribution < 1.29 is 23.8 Å². The van der Waals surface area contributed by atoms with Gasteiger partial charge in [0.25, 0.3) is 0 Å². The predicted molar refractivity (Wildman–Crippen MR) is 121 cm³/mol. The van der Waals surface area contributed by atoms with Gasteiger partial charge in [0, 0.05) is 23.9 Å². The zero-order valence-corrected chi connectivity index (χ0v) is 19.8. The normalized spacial score (nSPS) is 24.8. The Labute approximate surface area is 196 Å². The van der Waals surface area contributed by atoms with E-state index < -0.39 is 17.6 Å². The molecule has 0 bridgehead atoms. The van der Waals surface area contributed by atoms with E-state index in [1.54, 1.807) is 0 Å². The molecule has 2 amide bonds. The maximum atomic E-state index is 13.5. The molecule has 0 aromatic carbocycles. The maximum Gasteiger partial charge on any atom is 0.243 e. The molecule has 1 fully saturated rings. The number of anilines is 1. The Morgan fingerprint density at radius 2 is 2.27 bits per heavy atom. The maximum absolute atomic E-state index is 13.5. The molecular weight excluding hydrogens is 449 g/mol. The Morgan fingerprint density at radius 1 is 1.45 bits per heavy atom. The quantitative estimate of drug-likeness (QED) is 0.301. The van der Waals surface area contributed by atoms with Crippen LogP contribution >= 0.6 is 11.3 Å². The van der Waals surface area contributed by atoms with Gasteiger partial charge in [-0.05, 0) is 26.2 Å². The van der Waals surface area contributed by atoms with Crippen molar-refractivity contribution in [3.05, 3.63) is 22.8 Å². The van der Waals surface area contributed by atoms with Crippen molar-refractivity contribution in [2.75, 3.05) is 31.6 Å². The first-order valence-electron chi connectivity index (χ1n) is 11.1. The number of thiazole rings is 1. The molecule has 3 atom stereocenters. The third-order valence-corrected chi connectivity index (χ3v) is 6.70. The van der Waals surface area contributed by atoms with Gasteiger partial charge in [0.2, 0.25) is 11.8 Å². The number of nitrogens with zero attached hydrogens (tertiary/aromatic N) is 3. The van der Waals surface area contributed by atoms with Crippen LogP contribution in [0.25, 0.3) is 0 Å². The summed E-state index contributed by atoms with van der Waals surface area (Å²) in [6, 6.07) is 1.28. The van der Waals surface area contributed by atoms with Crippen molar-refractivity contribution in [3.8, 4) is 6.07 Å². The largest absolute Gasteiger partial charge is 0.380 e. The fourth-order valence-corrected chi connectivity index (χ4v) is 4.56. The second-order valence-corrected chi connectivity index (χ2v) is 9.31. The lowest BCUT2D eigenvalue weighted by Gasteiger charge is -2.31. The molecule has 1 aliphatic carbocycles. The van der Waals surface area contributed by atoms with Gasteiger partial charge in [-0.25, -0.2) is 19.1 Å². The number of nitriles is 1. The van der Waals surface area contributed by atoms with E-state index in [-0.39, 0.29) is 31.3 Å². The summed E-state index contributed by atoms with van der Waals surface area (Å²) in [4.78, 5) is 40.8. The Balaban J connectivity index is 1.46. The van der Waals surface area contributed by atoms with Gasteiger partial charge in [0.05, 0.1) is 43.5 Å². The van der Waals surface area contributed by atoms with Crippen LogP contribution in [0.5, 0.6) is 0 Å². The molecule has 0 radical (unpaired) electrons. The number of amides is 2. The number of allylic oxidation sites excluding steroid dienone is 2. The van der Waals surface area contributed by atoms with Crippen LogP contribution < -0.4 is 10.6 Å². The van der Waals surface area contributed by atoms with Gasteiger partial charge >= 0.3 is 0 Å². The van der Waals surface area contributed by atoms with Crippen molar-refractivity contribution in [2.24, 2.45) is 5.41 Å². The smallest absolute Gasteiger partial charge is 0.243 e. The fraction of sp³-hybridized carbons (Fsp3) is 0.636. The van der Waals surface area contributed by atoms with Crippen LogP contribution in [0.15, 0.2) is 17.2 Å². The van der Waals surface area contributed by atoms with Crippen LogP contribution in [0.3, 0.4) is 0 Å². The van der Waals surface area contributed by atoms with Crippen molar-refractivity contribution in [3.63, 3.8) is 0 Å². The van der Waals surface area contributed by atoms with E-state index in [1.807, 2.05) is 31.4 Å². The van der Waals surface area contributed by atoms with E-state index in [0.29, 0.717) is 44.0 Å². The zero-order valence-electron chi connectivity index (χ0n) is 18.9. The van der Waals surface area contributed by atoms with Crippen LogP contribution in [0, 0.1) is 16.7 Å². The minimum atomic E-state index is -1.15. The molecule has 3 rings (SSSR count). The van der Waals surface area contributed by atoms with Gasteiger partial charge in [-0.1, -0.05) is 13.0 Å². The second-order valence-electron chi connectivity index (χ2n) is 8.45.